The van der Waals surface area contributed by atoms with Crippen molar-refractivity contribution in [3.05, 3.63) is 58.0 Å². The number of H-pyrrole nitrogens is 1. The van der Waals surface area contributed by atoms with Gasteiger partial charge in [0, 0.05) is 25.7 Å². The van der Waals surface area contributed by atoms with Crippen molar-refractivity contribution in [2.45, 2.75) is 19.4 Å². The van der Waals surface area contributed by atoms with E-state index in [0.717, 1.165) is 19.5 Å². The summed E-state index contributed by atoms with van der Waals surface area (Å²) in [7, 11) is 0. The number of rotatable bonds is 6. The van der Waals surface area contributed by atoms with E-state index in [9.17, 15) is 9.18 Å². The molecule has 0 unspecified atom stereocenters. The fraction of sp³-hybridized carbons (Fsp3) is 0.444. The Morgan fingerprint density at radius 3 is 3.08 bits per heavy atom. The fourth-order valence-electron chi connectivity index (χ4n) is 2.88. The number of hydrogen-bond acceptors (Lipinski definition) is 5. The van der Waals surface area contributed by atoms with Gasteiger partial charge in [-0.2, -0.15) is 0 Å². The van der Waals surface area contributed by atoms with Crippen molar-refractivity contribution in [3.8, 4) is 5.75 Å². The molecule has 0 radical (unpaired) electrons. The van der Waals surface area contributed by atoms with E-state index in [-0.39, 0.29) is 23.2 Å². The second-order valence-electron chi connectivity index (χ2n) is 6.05. The van der Waals surface area contributed by atoms with Gasteiger partial charge in [-0.3, -0.25) is 9.69 Å². The highest BCUT2D eigenvalue weighted by Gasteiger charge is 2.23. The van der Waals surface area contributed by atoms with E-state index in [1.807, 2.05) is 0 Å². The van der Waals surface area contributed by atoms with Crippen molar-refractivity contribution in [2.24, 2.45) is 0 Å². The number of nitrogens with one attached hydrogen (secondary N) is 1. The predicted octanol–water partition coefficient (Wildman–Crippen LogP) is 2.06. The Kier molecular flexibility index (Phi) is 5.78. The van der Waals surface area contributed by atoms with Crippen LogP contribution in [0.5, 0.6) is 5.75 Å². The van der Waals surface area contributed by atoms with Crippen molar-refractivity contribution in [2.75, 3.05) is 32.8 Å². The molecule has 3 rings (SSSR count). The monoisotopic (exact) mass is 347 g/mol. The van der Waals surface area contributed by atoms with Gasteiger partial charge in [0.25, 0.3) is 5.56 Å². The highest BCUT2D eigenvalue weighted by molar-refractivity contribution is 5.23. The summed E-state index contributed by atoms with van der Waals surface area (Å²) in [6, 6.07) is 7.89. The summed E-state index contributed by atoms with van der Waals surface area (Å²) in [4.78, 5) is 20.8. The van der Waals surface area contributed by atoms with Gasteiger partial charge in [-0.25, -0.2) is 9.37 Å². The van der Waals surface area contributed by atoms with Crippen molar-refractivity contribution in [3.63, 3.8) is 0 Å². The molecule has 1 aromatic heterocycles. The van der Waals surface area contributed by atoms with Crippen LogP contribution >= 0.6 is 0 Å². The normalized spacial score (nSPS) is 18.2. The molecule has 1 fully saturated rings. The Balaban J connectivity index is 1.48. The summed E-state index contributed by atoms with van der Waals surface area (Å²) in [6.45, 7) is 5.10. The molecule has 0 amide bonds. The van der Waals surface area contributed by atoms with Crippen molar-refractivity contribution in [1.82, 2.24) is 14.9 Å². The van der Waals surface area contributed by atoms with Gasteiger partial charge in [-0.05, 0) is 25.5 Å². The molecule has 7 heteroatoms. The summed E-state index contributed by atoms with van der Waals surface area (Å²) >= 11 is 0. The number of aryl methyl sites for hydroxylation is 1. The standard InChI is InChI=1S/C18H22FN3O3/c1-13-20-15(11-18(23)21-13)17-12-22(8-10-25-17)7-4-9-24-16-6-3-2-5-14(16)19/h2-3,5-6,11,17H,4,7-10,12H2,1H3,(H,20,21,23)/t17-/m0/s1. The Morgan fingerprint density at radius 2 is 2.28 bits per heavy atom. The number of para-hydroxylation sites is 1. The summed E-state index contributed by atoms with van der Waals surface area (Å²) in [5.41, 5.74) is 0.495. The lowest BCUT2D eigenvalue weighted by Gasteiger charge is -2.32. The van der Waals surface area contributed by atoms with E-state index >= 15 is 0 Å². The van der Waals surface area contributed by atoms with Crippen LogP contribution in [-0.2, 0) is 4.74 Å². The number of aromatic amines is 1. The van der Waals surface area contributed by atoms with Gasteiger partial charge in [0.1, 0.15) is 11.9 Å². The Bertz CT molecular complexity index is 765. The molecule has 1 aliphatic rings. The van der Waals surface area contributed by atoms with Crippen LogP contribution in [-0.4, -0.2) is 47.7 Å². The van der Waals surface area contributed by atoms with E-state index in [1.54, 1.807) is 25.1 Å². The summed E-state index contributed by atoms with van der Waals surface area (Å²) in [6.07, 6.45) is 0.574. The van der Waals surface area contributed by atoms with Crippen LogP contribution in [0, 0.1) is 12.7 Å². The maximum Gasteiger partial charge on any atom is 0.251 e. The van der Waals surface area contributed by atoms with Gasteiger partial charge in [0.05, 0.1) is 18.9 Å². The largest absolute Gasteiger partial charge is 0.490 e. The third-order valence-corrected chi connectivity index (χ3v) is 4.07. The molecule has 6 nitrogen and oxygen atoms in total. The summed E-state index contributed by atoms with van der Waals surface area (Å²) < 4.78 is 24.7. The van der Waals surface area contributed by atoms with Gasteiger partial charge in [-0.1, -0.05) is 12.1 Å². The van der Waals surface area contributed by atoms with Crippen molar-refractivity contribution in [1.29, 1.82) is 0 Å². The number of ether oxygens (including phenoxy) is 2. The van der Waals surface area contributed by atoms with Crippen LogP contribution in [0.4, 0.5) is 4.39 Å². The quantitative estimate of drug-likeness (QED) is 0.810. The Morgan fingerprint density at radius 1 is 1.44 bits per heavy atom. The highest BCUT2D eigenvalue weighted by Crippen LogP contribution is 2.20. The zero-order chi connectivity index (χ0) is 17.6. The third-order valence-electron chi connectivity index (χ3n) is 4.07. The maximum atomic E-state index is 13.5. The van der Waals surface area contributed by atoms with Crippen molar-refractivity contribution >= 4 is 0 Å². The van der Waals surface area contributed by atoms with Gasteiger partial charge < -0.3 is 14.5 Å². The zero-order valence-electron chi connectivity index (χ0n) is 14.2. The van der Waals surface area contributed by atoms with Crippen LogP contribution in [0.15, 0.2) is 35.1 Å². The number of nitrogens with zero attached hydrogens (tertiary/aromatic N) is 2. The molecular formula is C18H22FN3O3. The molecule has 2 heterocycles. The van der Waals surface area contributed by atoms with Crippen LogP contribution in [0.1, 0.15) is 24.0 Å². The number of benzene rings is 1. The van der Waals surface area contributed by atoms with Crippen LogP contribution in [0.2, 0.25) is 0 Å². The van der Waals surface area contributed by atoms with Crippen LogP contribution in [0.25, 0.3) is 0 Å². The lowest BCUT2D eigenvalue weighted by atomic mass is 10.2. The average Bonchev–Trinajstić information content (AvgIpc) is 2.59. The molecule has 1 saturated heterocycles. The van der Waals surface area contributed by atoms with Crippen LogP contribution < -0.4 is 10.3 Å². The molecule has 1 aromatic carbocycles. The molecule has 1 aliphatic heterocycles. The molecule has 1 N–H and O–H groups in total. The summed E-state index contributed by atoms with van der Waals surface area (Å²) in [5.74, 6) is 0.525. The summed E-state index contributed by atoms with van der Waals surface area (Å²) in [5, 5.41) is 0. The number of aromatic nitrogens is 2. The maximum absolute atomic E-state index is 13.5. The first-order valence-corrected chi connectivity index (χ1v) is 8.41. The average molecular weight is 347 g/mol. The molecule has 0 bridgehead atoms. The molecule has 134 valence electrons. The number of halogens is 1. The molecule has 0 spiro atoms. The van der Waals surface area contributed by atoms with Gasteiger partial charge in [0.2, 0.25) is 0 Å². The Labute approximate surface area is 145 Å². The molecule has 0 aliphatic carbocycles. The second-order valence-corrected chi connectivity index (χ2v) is 6.05. The van der Waals surface area contributed by atoms with Gasteiger partial charge in [0.15, 0.2) is 11.6 Å². The second kappa shape index (κ2) is 8.22. The van der Waals surface area contributed by atoms with Crippen LogP contribution in [0.3, 0.4) is 0 Å². The smallest absolute Gasteiger partial charge is 0.251 e. The highest BCUT2D eigenvalue weighted by atomic mass is 19.1. The van der Waals surface area contributed by atoms with E-state index in [4.69, 9.17) is 9.47 Å². The lowest BCUT2D eigenvalue weighted by Crippen LogP contribution is -2.39. The van der Waals surface area contributed by atoms with E-state index < -0.39 is 0 Å². The minimum Gasteiger partial charge on any atom is -0.490 e. The van der Waals surface area contributed by atoms with E-state index in [0.29, 0.717) is 31.3 Å². The molecular weight excluding hydrogens is 325 g/mol. The molecule has 1 atom stereocenters. The third kappa shape index (κ3) is 4.87. The predicted molar refractivity (Wildman–Crippen MR) is 91.2 cm³/mol. The minimum atomic E-state index is -0.343. The Hall–Kier alpha value is -2.25. The van der Waals surface area contributed by atoms with Gasteiger partial charge >= 0.3 is 0 Å². The lowest BCUT2D eigenvalue weighted by molar-refractivity contribution is -0.0332. The van der Waals surface area contributed by atoms with Crippen molar-refractivity contribution < 1.29 is 13.9 Å². The first-order chi connectivity index (χ1) is 12.1. The first-order valence-electron chi connectivity index (χ1n) is 8.41. The fourth-order valence-corrected chi connectivity index (χ4v) is 2.88. The number of morpholine rings is 1. The topological polar surface area (TPSA) is 67.5 Å². The van der Waals surface area contributed by atoms with E-state index in [1.165, 1.54) is 12.1 Å². The molecule has 25 heavy (non-hydrogen) atoms. The first kappa shape index (κ1) is 17.6. The molecule has 0 saturated carbocycles. The van der Waals surface area contributed by atoms with Gasteiger partial charge in [-0.15, -0.1) is 0 Å². The zero-order valence-corrected chi connectivity index (χ0v) is 14.2. The number of hydrogen-bond donors (Lipinski definition) is 1. The van der Waals surface area contributed by atoms with E-state index in [2.05, 4.69) is 14.9 Å². The minimum absolute atomic E-state index is 0.165. The SMILES string of the molecule is Cc1nc([C@@H]2CN(CCCOc3ccccc3F)CCO2)cc(=O)[nH]1. The molecule has 2 aromatic rings.